The van der Waals surface area contributed by atoms with Crippen LogP contribution in [0.2, 0.25) is 15.1 Å². The fourth-order valence-corrected chi connectivity index (χ4v) is 38.4. The summed E-state index contributed by atoms with van der Waals surface area (Å²) in [5, 5.41) is 15.0. The van der Waals surface area contributed by atoms with Crippen molar-refractivity contribution in [2.75, 3.05) is 5.90 Å². The average molecular weight is 1870 g/mol. The molecule has 0 aliphatic carbocycles. The largest absolute Gasteiger partial charge is 0.313 e. The van der Waals surface area contributed by atoms with E-state index in [0.29, 0.717) is 52.2 Å². The molecule has 0 bridgehead atoms. The van der Waals surface area contributed by atoms with Crippen LogP contribution in [0.1, 0.15) is 33.4 Å². The average Bonchev–Trinajstić information content (AvgIpc) is 0.726. The molecule has 0 amide bonds. The van der Waals surface area contributed by atoms with Crippen molar-refractivity contribution in [1.82, 2.24) is 0 Å². The van der Waals surface area contributed by atoms with Crippen LogP contribution in [-0.4, -0.2) is 5.90 Å². The molecule has 0 aromatic heterocycles. The highest BCUT2D eigenvalue weighted by atomic mass is 35.5. The van der Waals surface area contributed by atoms with Crippen molar-refractivity contribution in [3.05, 3.63) is 521 Å². The molecule has 0 aliphatic rings. The van der Waals surface area contributed by atoms with E-state index < -0.39 is 50.0 Å². The predicted molar refractivity (Wildman–Crippen MR) is 554 cm³/mol. The van der Waals surface area contributed by atoms with Crippen LogP contribution in [0.15, 0.2) is 473 Å². The van der Waals surface area contributed by atoms with Gasteiger partial charge in [0.05, 0.1) is 11.0 Å². The highest BCUT2D eigenvalue weighted by molar-refractivity contribution is 8.00. The van der Waals surface area contributed by atoms with Crippen molar-refractivity contribution in [2.45, 2.75) is 41.5 Å². The van der Waals surface area contributed by atoms with Crippen LogP contribution in [-0.2, 0) is 32.0 Å². The lowest BCUT2D eigenvalue weighted by Crippen LogP contribution is -2.25. The fourth-order valence-electron chi connectivity index (χ4n) is 15.0. The molecule has 17 rings (SSSR count). The third kappa shape index (κ3) is 21.6. The van der Waals surface area contributed by atoms with Gasteiger partial charge in [-0.25, -0.2) is 0 Å². The first-order valence-electron chi connectivity index (χ1n) is 41.8. The summed E-state index contributed by atoms with van der Waals surface area (Å²) in [4.78, 5) is 0. The number of benzene rings is 17. The fraction of sp³-hybridized carbons (Fsp3) is 0.0631. The van der Waals surface area contributed by atoms with E-state index in [2.05, 4.69) is 6.58 Å². The van der Waals surface area contributed by atoms with Gasteiger partial charge in [-0.1, -0.05) is 463 Å². The summed E-state index contributed by atoms with van der Waals surface area (Å²) in [6.45, 7) is 16.6. The molecule has 7 nitrogen and oxygen atoms in total. The van der Waals surface area contributed by atoms with Crippen molar-refractivity contribution < 1.29 is 32.0 Å². The topological polar surface area (TPSA) is 119 Å². The summed E-state index contributed by atoms with van der Waals surface area (Å²) in [7, 11) is -21.8. The summed E-state index contributed by atoms with van der Waals surface area (Å²) >= 11 is 17.9. The molecule has 17 aromatic rings. The van der Waals surface area contributed by atoms with E-state index in [1.165, 1.54) is 33.4 Å². The maximum atomic E-state index is 14.8. The second-order valence-electron chi connectivity index (χ2n) is 31.2. The Morgan fingerprint density at radius 3 is 0.445 bits per heavy atom. The Labute approximate surface area is 769 Å². The molecule has 0 N–H and O–H groups in total. The first kappa shape index (κ1) is 94.6. The SMILES string of the molecule is C=C(P(=O)(c1ccccc1)c1ccccc1)P(=O)(c1ccccc1)c1ccccc1.Cc1ccc(P(=O)(c2ccc(C)cc2)c2ccc(C)cc2)cc1.Cc1ccc(P(=O)(c2ccc(C)cc2)c2ccc(C)cc2)cc1.O=P(CP(=O)(c1ccccc1)c1ccccc1)(c1ccccc1)c1ccccc1.O=P(c1ccc(Cl)cc1)(c1ccc(Cl)cc1)c1ccc(Cl)cc1. The van der Waals surface area contributed by atoms with Gasteiger partial charge >= 0.3 is 0 Å². The molecule has 0 spiro atoms. The molecule has 0 saturated heterocycles. The van der Waals surface area contributed by atoms with Gasteiger partial charge in [0.2, 0.25) is 0 Å². The number of rotatable bonds is 21. The zero-order chi connectivity index (χ0) is 90.5. The van der Waals surface area contributed by atoms with Crippen molar-refractivity contribution in [3.63, 3.8) is 0 Å². The van der Waals surface area contributed by atoms with Gasteiger partial charge in [0.15, 0.2) is 50.0 Å². The second kappa shape index (κ2) is 42.9. The molecular formula is C111H98Cl3O7P7. The summed E-state index contributed by atoms with van der Waals surface area (Å²) in [5.41, 5.74) is 7.05. The lowest BCUT2D eigenvalue weighted by atomic mass is 10.2. The molecule has 0 saturated carbocycles. The van der Waals surface area contributed by atoms with Crippen LogP contribution in [0.3, 0.4) is 0 Å². The van der Waals surface area contributed by atoms with Crippen molar-refractivity contribution in [2.24, 2.45) is 0 Å². The van der Waals surface area contributed by atoms with Gasteiger partial charge in [-0.05, 0) is 114 Å². The smallest absolute Gasteiger partial charge is 0.174 e. The van der Waals surface area contributed by atoms with Crippen LogP contribution in [0.5, 0.6) is 0 Å². The summed E-state index contributed by atoms with van der Waals surface area (Å²) in [6, 6.07) is 144. The van der Waals surface area contributed by atoms with Crippen LogP contribution in [0.4, 0.5) is 0 Å². The third-order valence-corrected chi connectivity index (χ3v) is 47.2. The van der Waals surface area contributed by atoms with Gasteiger partial charge in [-0.3, -0.25) is 0 Å². The summed E-state index contributed by atoms with van der Waals surface area (Å²) in [5.74, 6) is 0.0854. The Morgan fingerprint density at radius 1 is 0.180 bits per heavy atom. The highest BCUT2D eigenvalue weighted by Gasteiger charge is 2.44. The molecule has 17 heteroatoms. The van der Waals surface area contributed by atoms with Crippen molar-refractivity contribution in [1.29, 1.82) is 0 Å². The van der Waals surface area contributed by atoms with E-state index in [1.807, 2.05) is 430 Å². The van der Waals surface area contributed by atoms with E-state index in [9.17, 15) is 32.0 Å². The molecule has 0 atom stereocenters. The van der Waals surface area contributed by atoms with Gasteiger partial charge in [0, 0.05) is 105 Å². The number of hydrogen-bond donors (Lipinski definition) is 0. The molecular weight excluding hydrogens is 1770 g/mol. The Hall–Kier alpha value is -11.0. The van der Waals surface area contributed by atoms with Crippen LogP contribution in [0, 0.1) is 41.5 Å². The van der Waals surface area contributed by atoms with Gasteiger partial charge in [0.25, 0.3) is 0 Å². The number of hydrogen-bond acceptors (Lipinski definition) is 7. The normalized spacial score (nSPS) is 11.6. The molecule has 0 aliphatic heterocycles. The first-order valence-corrected chi connectivity index (χ1v) is 55.2. The molecule has 0 heterocycles. The monoisotopic (exact) mass is 1860 g/mol. The minimum atomic E-state index is -3.43. The molecule has 128 heavy (non-hydrogen) atoms. The maximum absolute atomic E-state index is 14.8. The van der Waals surface area contributed by atoms with Crippen molar-refractivity contribution >= 4 is 175 Å². The molecule has 0 radical (unpaired) electrons. The second-order valence-corrected chi connectivity index (χ2v) is 52.9. The lowest BCUT2D eigenvalue weighted by molar-refractivity contribution is 0.581. The Bertz CT molecular complexity index is 5820. The molecule has 0 unspecified atom stereocenters. The van der Waals surface area contributed by atoms with E-state index in [4.69, 9.17) is 34.8 Å². The molecule has 17 aromatic carbocycles. The minimum Gasteiger partial charge on any atom is -0.313 e. The van der Waals surface area contributed by atoms with Crippen molar-refractivity contribution in [3.8, 4) is 0 Å². The molecule has 0 fully saturated rings. The van der Waals surface area contributed by atoms with E-state index in [0.717, 1.165) is 53.0 Å². The maximum Gasteiger partial charge on any atom is 0.174 e. The van der Waals surface area contributed by atoms with Crippen LogP contribution < -0.4 is 90.2 Å². The standard InChI is InChI=1S/C26H22O2P2.C25H22O2P2.2C21H21OP.C18H12Cl3OP/c1-22(29(27,23-14-6-2-7-15-23)24-16-8-3-9-17-24)30(28,25-18-10-4-11-19-25)26-20-12-5-13-21-26;26-28(22-13-5-1-6-14-22,23-15-7-2-8-16-23)21-29(27,24-17-9-3-10-18-24)25-19-11-4-12-20-25;2*1-16-4-10-19(11-5-16)23(22,20-12-6-17(2)7-13-20)21-14-8-18(3)9-15-21;19-13-1-7-16(8-2-13)23(22,17-9-3-14(20)4-10-17)18-11-5-15(21)6-12-18/h2-21H,1H2;1-20H,21H2;2*4-15H,1-3H3;1-12H. The number of aryl methyl sites for hydroxylation is 6. The van der Waals surface area contributed by atoms with Gasteiger partial charge in [0.1, 0.15) is 0 Å². The quantitative estimate of drug-likeness (QED) is 0.0657. The number of halogens is 3. The van der Waals surface area contributed by atoms with Gasteiger partial charge < -0.3 is 32.0 Å². The minimum absolute atomic E-state index is 0.0854. The first-order chi connectivity index (χ1) is 61.7. The van der Waals surface area contributed by atoms with Crippen LogP contribution in [0.25, 0.3) is 0 Å². The Kier molecular flexibility index (Phi) is 31.7. The van der Waals surface area contributed by atoms with Crippen LogP contribution >= 0.6 is 84.8 Å². The highest BCUT2D eigenvalue weighted by Crippen LogP contribution is 2.69. The lowest BCUT2D eigenvalue weighted by Gasteiger charge is -2.29. The van der Waals surface area contributed by atoms with E-state index in [-0.39, 0.29) is 11.0 Å². The summed E-state index contributed by atoms with van der Waals surface area (Å²) < 4.78 is 101. The zero-order valence-corrected chi connectivity index (χ0v) is 80.4. The Morgan fingerprint density at radius 2 is 0.305 bits per heavy atom. The molecule has 640 valence electrons. The van der Waals surface area contributed by atoms with Gasteiger partial charge in [-0.15, -0.1) is 0 Å². The van der Waals surface area contributed by atoms with Gasteiger partial charge in [-0.2, -0.15) is 0 Å². The Balaban J connectivity index is 0.000000137. The predicted octanol–water partition coefficient (Wildman–Crippen LogP) is 24.2. The zero-order valence-electron chi connectivity index (χ0n) is 71.9. The third-order valence-electron chi connectivity index (χ3n) is 22.3. The van der Waals surface area contributed by atoms with E-state index >= 15 is 0 Å². The summed E-state index contributed by atoms with van der Waals surface area (Å²) in [6.07, 6.45) is 0. The van der Waals surface area contributed by atoms with E-state index in [1.54, 1.807) is 72.8 Å².